The summed E-state index contributed by atoms with van der Waals surface area (Å²) in [7, 11) is 3.91. The second kappa shape index (κ2) is 4.71. The standard InChI is InChI=1S/C8H15N5O/c1-6(5-13(2)3)10-8(14)7-4-9-12-11-7/h4,6H,5H2,1-3H3,(H,10,14)(H,9,11,12). The highest BCUT2D eigenvalue weighted by Gasteiger charge is 2.11. The van der Waals surface area contributed by atoms with Gasteiger partial charge in [-0.25, -0.2) is 0 Å². The number of H-pyrrole nitrogens is 1. The fourth-order valence-electron chi connectivity index (χ4n) is 1.20. The lowest BCUT2D eigenvalue weighted by molar-refractivity contribution is 0.0929. The summed E-state index contributed by atoms with van der Waals surface area (Å²) in [5, 5.41) is 12.5. The van der Waals surface area contributed by atoms with Gasteiger partial charge in [-0.1, -0.05) is 0 Å². The van der Waals surface area contributed by atoms with E-state index >= 15 is 0 Å². The van der Waals surface area contributed by atoms with Gasteiger partial charge in [0.05, 0.1) is 6.20 Å². The molecule has 1 atom stereocenters. The largest absolute Gasteiger partial charge is 0.347 e. The lowest BCUT2D eigenvalue weighted by Gasteiger charge is -2.17. The van der Waals surface area contributed by atoms with Gasteiger partial charge in [-0.15, -0.1) is 0 Å². The molecule has 0 spiro atoms. The van der Waals surface area contributed by atoms with Crippen molar-refractivity contribution in [3.05, 3.63) is 11.9 Å². The molecule has 1 amide bonds. The van der Waals surface area contributed by atoms with E-state index in [9.17, 15) is 4.79 Å². The lowest BCUT2D eigenvalue weighted by atomic mass is 10.3. The first-order valence-corrected chi connectivity index (χ1v) is 4.41. The van der Waals surface area contributed by atoms with Crippen molar-refractivity contribution in [3.8, 4) is 0 Å². The molecule has 0 aliphatic carbocycles. The molecule has 1 aromatic rings. The minimum Gasteiger partial charge on any atom is -0.347 e. The third kappa shape index (κ3) is 3.14. The summed E-state index contributed by atoms with van der Waals surface area (Å²) in [5.41, 5.74) is 0.315. The highest BCUT2D eigenvalue weighted by Crippen LogP contribution is 1.91. The Morgan fingerprint density at radius 2 is 2.43 bits per heavy atom. The Balaban J connectivity index is 2.41. The average molecular weight is 197 g/mol. The number of hydrogen-bond donors (Lipinski definition) is 2. The van der Waals surface area contributed by atoms with Crippen LogP contribution in [-0.2, 0) is 0 Å². The van der Waals surface area contributed by atoms with E-state index in [2.05, 4.69) is 20.7 Å². The molecule has 14 heavy (non-hydrogen) atoms. The monoisotopic (exact) mass is 197 g/mol. The van der Waals surface area contributed by atoms with E-state index in [0.29, 0.717) is 5.69 Å². The average Bonchev–Trinajstić information content (AvgIpc) is 2.53. The maximum atomic E-state index is 11.4. The Morgan fingerprint density at radius 1 is 1.71 bits per heavy atom. The van der Waals surface area contributed by atoms with Gasteiger partial charge in [0.1, 0.15) is 0 Å². The highest BCUT2D eigenvalue weighted by atomic mass is 16.2. The van der Waals surface area contributed by atoms with Crippen LogP contribution in [0.5, 0.6) is 0 Å². The van der Waals surface area contributed by atoms with Crippen molar-refractivity contribution in [1.82, 2.24) is 25.6 Å². The van der Waals surface area contributed by atoms with Crippen LogP contribution >= 0.6 is 0 Å². The van der Waals surface area contributed by atoms with E-state index in [-0.39, 0.29) is 11.9 Å². The summed E-state index contributed by atoms with van der Waals surface area (Å²) in [6.07, 6.45) is 1.40. The predicted molar refractivity (Wildman–Crippen MR) is 51.9 cm³/mol. The molecule has 1 heterocycles. The van der Waals surface area contributed by atoms with Crippen LogP contribution in [-0.4, -0.2) is 52.9 Å². The number of hydrogen-bond acceptors (Lipinski definition) is 4. The van der Waals surface area contributed by atoms with Crippen LogP contribution in [0.2, 0.25) is 0 Å². The quantitative estimate of drug-likeness (QED) is 0.681. The molecule has 1 rings (SSSR count). The van der Waals surface area contributed by atoms with Crippen molar-refractivity contribution in [2.75, 3.05) is 20.6 Å². The van der Waals surface area contributed by atoms with Crippen LogP contribution in [0.1, 0.15) is 17.4 Å². The zero-order valence-electron chi connectivity index (χ0n) is 8.61. The van der Waals surface area contributed by atoms with Gasteiger partial charge < -0.3 is 10.2 Å². The number of carbonyl (C=O) groups is 1. The molecule has 0 fully saturated rings. The first-order valence-electron chi connectivity index (χ1n) is 4.41. The van der Waals surface area contributed by atoms with Gasteiger partial charge in [0.2, 0.25) is 0 Å². The summed E-state index contributed by atoms with van der Waals surface area (Å²) in [6, 6.07) is 0.0919. The lowest BCUT2D eigenvalue weighted by Crippen LogP contribution is -2.39. The minimum absolute atomic E-state index is 0.0919. The third-order valence-electron chi connectivity index (χ3n) is 1.66. The highest BCUT2D eigenvalue weighted by molar-refractivity contribution is 5.91. The number of likely N-dealkylation sites (N-methyl/N-ethyl adjacent to an activating group) is 1. The van der Waals surface area contributed by atoms with Crippen molar-refractivity contribution in [3.63, 3.8) is 0 Å². The second-order valence-corrected chi connectivity index (χ2v) is 3.49. The van der Waals surface area contributed by atoms with E-state index in [1.807, 2.05) is 25.9 Å². The Morgan fingerprint density at radius 3 is 2.93 bits per heavy atom. The molecule has 0 aromatic carbocycles. The van der Waals surface area contributed by atoms with Crippen molar-refractivity contribution in [2.45, 2.75) is 13.0 Å². The summed E-state index contributed by atoms with van der Waals surface area (Å²) in [6.45, 7) is 2.74. The zero-order valence-corrected chi connectivity index (χ0v) is 8.61. The van der Waals surface area contributed by atoms with Crippen LogP contribution in [0.4, 0.5) is 0 Å². The van der Waals surface area contributed by atoms with Crippen LogP contribution < -0.4 is 5.32 Å². The fourth-order valence-corrected chi connectivity index (χ4v) is 1.20. The Hall–Kier alpha value is -1.43. The number of carbonyl (C=O) groups excluding carboxylic acids is 1. The number of nitrogens with one attached hydrogen (secondary N) is 2. The zero-order chi connectivity index (χ0) is 10.6. The topological polar surface area (TPSA) is 73.9 Å². The Bertz CT molecular complexity index is 282. The molecule has 0 saturated heterocycles. The molecule has 0 aliphatic rings. The van der Waals surface area contributed by atoms with Crippen molar-refractivity contribution < 1.29 is 4.79 Å². The van der Waals surface area contributed by atoms with Crippen LogP contribution in [0.25, 0.3) is 0 Å². The summed E-state index contributed by atoms with van der Waals surface area (Å²) >= 11 is 0. The number of aromatic amines is 1. The first-order chi connectivity index (χ1) is 6.59. The number of rotatable bonds is 4. The molecular weight excluding hydrogens is 182 g/mol. The van der Waals surface area contributed by atoms with E-state index in [4.69, 9.17) is 0 Å². The molecule has 78 valence electrons. The predicted octanol–water partition coefficient (Wildman–Crippen LogP) is -0.515. The fraction of sp³-hybridized carbons (Fsp3) is 0.625. The first kappa shape index (κ1) is 10.6. The molecule has 0 bridgehead atoms. The Labute approximate surface area is 82.7 Å². The maximum absolute atomic E-state index is 11.4. The van der Waals surface area contributed by atoms with Gasteiger partial charge in [-0.2, -0.15) is 15.4 Å². The van der Waals surface area contributed by atoms with Gasteiger partial charge in [0, 0.05) is 12.6 Å². The maximum Gasteiger partial charge on any atom is 0.273 e. The van der Waals surface area contributed by atoms with Crippen LogP contribution in [0, 0.1) is 0 Å². The molecule has 2 N–H and O–H groups in total. The van der Waals surface area contributed by atoms with Gasteiger partial charge in [0.15, 0.2) is 5.69 Å². The van der Waals surface area contributed by atoms with E-state index in [1.165, 1.54) is 6.20 Å². The molecule has 0 radical (unpaired) electrons. The SMILES string of the molecule is CC(CN(C)C)NC(=O)c1cn[nH]n1. The van der Waals surface area contributed by atoms with Gasteiger partial charge in [-0.3, -0.25) is 4.79 Å². The smallest absolute Gasteiger partial charge is 0.273 e. The Kier molecular flexibility index (Phi) is 3.58. The third-order valence-corrected chi connectivity index (χ3v) is 1.66. The van der Waals surface area contributed by atoms with E-state index in [0.717, 1.165) is 6.54 Å². The number of amides is 1. The van der Waals surface area contributed by atoms with Crippen molar-refractivity contribution in [1.29, 1.82) is 0 Å². The molecular formula is C8H15N5O. The minimum atomic E-state index is -0.201. The van der Waals surface area contributed by atoms with Crippen LogP contribution in [0.15, 0.2) is 6.20 Å². The molecule has 1 aromatic heterocycles. The van der Waals surface area contributed by atoms with Gasteiger partial charge in [0.25, 0.3) is 5.91 Å². The molecule has 0 saturated carbocycles. The van der Waals surface area contributed by atoms with E-state index < -0.39 is 0 Å². The number of aromatic nitrogens is 3. The number of nitrogens with zero attached hydrogens (tertiary/aromatic N) is 3. The normalized spacial score (nSPS) is 12.9. The van der Waals surface area contributed by atoms with Gasteiger partial charge >= 0.3 is 0 Å². The van der Waals surface area contributed by atoms with Crippen molar-refractivity contribution >= 4 is 5.91 Å². The molecule has 0 aliphatic heterocycles. The van der Waals surface area contributed by atoms with Gasteiger partial charge in [-0.05, 0) is 21.0 Å². The summed E-state index contributed by atoms with van der Waals surface area (Å²) in [5.74, 6) is -0.201. The molecule has 6 nitrogen and oxygen atoms in total. The molecule has 6 heteroatoms. The van der Waals surface area contributed by atoms with Crippen molar-refractivity contribution in [2.24, 2.45) is 0 Å². The molecule has 1 unspecified atom stereocenters. The van der Waals surface area contributed by atoms with E-state index in [1.54, 1.807) is 0 Å². The van der Waals surface area contributed by atoms with Crippen LogP contribution in [0.3, 0.4) is 0 Å². The summed E-state index contributed by atoms with van der Waals surface area (Å²) in [4.78, 5) is 13.5. The summed E-state index contributed by atoms with van der Waals surface area (Å²) < 4.78 is 0. The second-order valence-electron chi connectivity index (χ2n) is 3.49.